The van der Waals surface area contributed by atoms with Gasteiger partial charge in [0.15, 0.2) is 10.8 Å². The minimum absolute atomic E-state index is 0.202. The van der Waals surface area contributed by atoms with Crippen molar-refractivity contribution in [3.63, 3.8) is 0 Å². The first-order chi connectivity index (χ1) is 13.7. The molecule has 0 aliphatic carbocycles. The molecule has 1 atom stereocenters. The Balaban J connectivity index is 1.28. The second-order valence-electron chi connectivity index (χ2n) is 6.81. The van der Waals surface area contributed by atoms with Crippen molar-refractivity contribution in [2.75, 3.05) is 0 Å². The first kappa shape index (κ1) is 16.9. The highest BCUT2D eigenvalue weighted by molar-refractivity contribution is 7.20. The highest BCUT2D eigenvalue weighted by Crippen LogP contribution is 2.33. The van der Waals surface area contributed by atoms with Gasteiger partial charge in [-0.1, -0.05) is 29.4 Å². The largest absolute Gasteiger partial charge is 0.490 e. The molecule has 1 aliphatic rings. The van der Waals surface area contributed by atoms with Gasteiger partial charge in [-0.05, 0) is 30.7 Å². The summed E-state index contributed by atoms with van der Waals surface area (Å²) in [5.74, 6) is 1.33. The van der Waals surface area contributed by atoms with E-state index in [-0.39, 0.29) is 18.6 Å². The van der Waals surface area contributed by atoms with Crippen LogP contribution in [0.4, 0.5) is 0 Å². The number of hydrogen-bond acceptors (Lipinski definition) is 6. The molecule has 1 unspecified atom stereocenters. The molecular formula is C21H17N3O3S. The lowest BCUT2D eigenvalue weighted by atomic mass is 10.1. The van der Waals surface area contributed by atoms with Crippen molar-refractivity contribution in [3.8, 4) is 17.1 Å². The van der Waals surface area contributed by atoms with Crippen molar-refractivity contribution in [2.45, 2.75) is 26.0 Å². The van der Waals surface area contributed by atoms with Gasteiger partial charge in [0, 0.05) is 18.1 Å². The molecule has 28 heavy (non-hydrogen) atoms. The third-order valence-electron chi connectivity index (χ3n) is 4.66. The van der Waals surface area contributed by atoms with Crippen molar-refractivity contribution in [3.05, 3.63) is 64.8 Å². The van der Waals surface area contributed by atoms with Gasteiger partial charge in [-0.2, -0.15) is 0 Å². The monoisotopic (exact) mass is 391 g/mol. The van der Waals surface area contributed by atoms with E-state index in [0.717, 1.165) is 28.0 Å². The van der Waals surface area contributed by atoms with E-state index >= 15 is 0 Å². The Morgan fingerprint density at radius 1 is 1.25 bits per heavy atom. The SMILES string of the molecule is CC1Cc2ccc(-c3cc(CNC(=O)c4nc5ccccc5s4)no3)cc2O1. The average Bonchev–Trinajstić information content (AvgIpc) is 3.42. The fourth-order valence-electron chi connectivity index (χ4n) is 3.30. The van der Waals surface area contributed by atoms with E-state index in [1.165, 1.54) is 16.9 Å². The molecule has 2 aromatic carbocycles. The molecule has 3 heterocycles. The number of fused-ring (bicyclic) bond motifs is 2. The molecule has 0 bridgehead atoms. The second kappa shape index (κ2) is 6.76. The van der Waals surface area contributed by atoms with Crippen LogP contribution in [0.15, 0.2) is 53.1 Å². The van der Waals surface area contributed by atoms with Gasteiger partial charge in [0.25, 0.3) is 5.91 Å². The lowest BCUT2D eigenvalue weighted by Crippen LogP contribution is -2.22. The molecule has 4 aromatic rings. The third kappa shape index (κ3) is 3.14. The van der Waals surface area contributed by atoms with Gasteiger partial charge >= 0.3 is 0 Å². The summed E-state index contributed by atoms with van der Waals surface area (Å²) >= 11 is 1.37. The van der Waals surface area contributed by atoms with Crippen LogP contribution in [0.1, 0.15) is 28.0 Å². The second-order valence-corrected chi connectivity index (χ2v) is 7.84. The number of para-hydroxylation sites is 1. The number of ether oxygens (including phenoxy) is 1. The summed E-state index contributed by atoms with van der Waals surface area (Å²) in [5, 5.41) is 7.35. The Kier molecular flexibility index (Phi) is 4.09. The summed E-state index contributed by atoms with van der Waals surface area (Å²) < 4.78 is 12.2. The van der Waals surface area contributed by atoms with Gasteiger partial charge in [0.2, 0.25) is 0 Å². The van der Waals surface area contributed by atoms with Crippen LogP contribution in [0.25, 0.3) is 21.5 Å². The molecular weight excluding hydrogens is 374 g/mol. The lowest BCUT2D eigenvalue weighted by Gasteiger charge is -2.03. The van der Waals surface area contributed by atoms with E-state index in [1.807, 2.05) is 42.5 Å². The van der Waals surface area contributed by atoms with Gasteiger partial charge in [-0.25, -0.2) is 4.98 Å². The normalized spacial score (nSPS) is 15.4. The fourth-order valence-corrected chi connectivity index (χ4v) is 4.18. The first-order valence-corrected chi connectivity index (χ1v) is 9.87. The molecule has 5 rings (SSSR count). The Hall–Kier alpha value is -3.19. The topological polar surface area (TPSA) is 77.3 Å². The Morgan fingerprint density at radius 2 is 2.14 bits per heavy atom. The number of thiazole rings is 1. The maximum atomic E-state index is 12.4. The zero-order valence-corrected chi connectivity index (χ0v) is 16.0. The molecule has 0 radical (unpaired) electrons. The van der Waals surface area contributed by atoms with Crippen LogP contribution in [0, 0.1) is 0 Å². The van der Waals surface area contributed by atoms with Crippen molar-refractivity contribution >= 4 is 27.5 Å². The van der Waals surface area contributed by atoms with Crippen molar-refractivity contribution < 1.29 is 14.1 Å². The molecule has 2 aromatic heterocycles. The summed E-state index contributed by atoms with van der Waals surface area (Å²) in [7, 11) is 0. The molecule has 0 saturated heterocycles. The number of nitrogens with one attached hydrogen (secondary N) is 1. The number of rotatable bonds is 4. The molecule has 1 aliphatic heterocycles. The zero-order chi connectivity index (χ0) is 19.1. The van der Waals surface area contributed by atoms with Crippen LogP contribution >= 0.6 is 11.3 Å². The lowest BCUT2D eigenvalue weighted by molar-refractivity contribution is 0.0950. The van der Waals surface area contributed by atoms with Crippen LogP contribution in [-0.4, -0.2) is 22.2 Å². The zero-order valence-electron chi connectivity index (χ0n) is 15.1. The van der Waals surface area contributed by atoms with Gasteiger partial charge in [0.1, 0.15) is 17.5 Å². The Labute approximate surface area is 165 Å². The smallest absolute Gasteiger partial charge is 0.280 e. The number of amides is 1. The van der Waals surface area contributed by atoms with Crippen molar-refractivity contribution in [1.82, 2.24) is 15.5 Å². The quantitative estimate of drug-likeness (QED) is 0.564. The maximum absolute atomic E-state index is 12.4. The number of aromatic nitrogens is 2. The van der Waals surface area contributed by atoms with Crippen LogP contribution < -0.4 is 10.1 Å². The summed E-state index contributed by atoms with van der Waals surface area (Å²) in [4.78, 5) is 16.8. The molecule has 7 heteroatoms. The van der Waals surface area contributed by atoms with E-state index in [0.29, 0.717) is 16.5 Å². The standard InChI is InChI=1S/C21H17N3O3S/c1-12-8-13-6-7-14(9-17(13)26-12)18-10-15(24-27-18)11-22-20(25)21-23-16-4-2-3-5-19(16)28-21/h2-7,9-10,12H,8,11H2,1H3,(H,22,25). The molecule has 0 saturated carbocycles. The molecule has 140 valence electrons. The summed E-state index contributed by atoms with van der Waals surface area (Å²) in [6.07, 6.45) is 1.13. The van der Waals surface area contributed by atoms with Crippen LogP contribution in [0.3, 0.4) is 0 Å². The van der Waals surface area contributed by atoms with Crippen LogP contribution in [-0.2, 0) is 13.0 Å². The molecule has 0 spiro atoms. The maximum Gasteiger partial charge on any atom is 0.280 e. The van der Waals surface area contributed by atoms with Crippen LogP contribution in [0.2, 0.25) is 0 Å². The van der Waals surface area contributed by atoms with Crippen molar-refractivity contribution in [1.29, 1.82) is 0 Å². The third-order valence-corrected chi connectivity index (χ3v) is 5.70. The predicted octanol–water partition coefficient (Wildman–Crippen LogP) is 4.20. The minimum Gasteiger partial charge on any atom is -0.490 e. The average molecular weight is 391 g/mol. The summed E-state index contributed by atoms with van der Waals surface area (Å²) in [6, 6.07) is 15.6. The fraction of sp³-hybridized carbons (Fsp3) is 0.190. The summed E-state index contributed by atoms with van der Waals surface area (Å²) in [5.41, 5.74) is 3.59. The van der Waals surface area contributed by atoms with E-state index in [1.54, 1.807) is 0 Å². The number of carbonyl (C=O) groups excluding carboxylic acids is 1. The van der Waals surface area contributed by atoms with E-state index in [9.17, 15) is 4.79 Å². The number of benzene rings is 2. The van der Waals surface area contributed by atoms with Gasteiger partial charge < -0.3 is 14.6 Å². The summed E-state index contributed by atoms with van der Waals surface area (Å²) in [6.45, 7) is 2.33. The molecule has 1 amide bonds. The predicted molar refractivity (Wildman–Crippen MR) is 107 cm³/mol. The van der Waals surface area contributed by atoms with Crippen molar-refractivity contribution in [2.24, 2.45) is 0 Å². The van der Waals surface area contributed by atoms with E-state index in [2.05, 4.69) is 28.4 Å². The van der Waals surface area contributed by atoms with E-state index < -0.39 is 0 Å². The van der Waals surface area contributed by atoms with Crippen LogP contribution in [0.5, 0.6) is 5.75 Å². The van der Waals surface area contributed by atoms with Gasteiger partial charge in [0.05, 0.1) is 16.8 Å². The van der Waals surface area contributed by atoms with Gasteiger partial charge in [-0.15, -0.1) is 11.3 Å². The minimum atomic E-state index is -0.217. The number of hydrogen-bond donors (Lipinski definition) is 1. The highest BCUT2D eigenvalue weighted by Gasteiger charge is 2.20. The number of carbonyl (C=O) groups is 1. The highest BCUT2D eigenvalue weighted by atomic mass is 32.1. The first-order valence-electron chi connectivity index (χ1n) is 9.05. The Bertz CT molecular complexity index is 1150. The molecule has 1 N–H and O–H groups in total. The van der Waals surface area contributed by atoms with Gasteiger partial charge in [-0.3, -0.25) is 4.79 Å². The van der Waals surface area contributed by atoms with E-state index in [4.69, 9.17) is 9.26 Å². The number of nitrogens with zero attached hydrogens (tertiary/aromatic N) is 2. The molecule has 0 fully saturated rings. The molecule has 6 nitrogen and oxygen atoms in total. The Morgan fingerprint density at radius 3 is 3.04 bits per heavy atom.